The first-order valence-corrected chi connectivity index (χ1v) is 21.2. The van der Waals surface area contributed by atoms with Crippen molar-refractivity contribution in [2.75, 3.05) is 39.3 Å². The molecular formula is C46H49N7O6. The van der Waals surface area contributed by atoms with E-state index in [0.717, 1.165) is 61.0 Å². The van der Waals surface area contributed by atoms with Gasteiger partial charge in [0.15, 0.2) is 0 Å². The van der Waals surface area contributed by atoms with Gasteiger partial charge in [-0.05, 0) is 118 Å². The molecule has 59 heavy (non-hydrogen) atoms. The van der Waals surface area contributed by atoms with Gasteiger partial charge in [0.25, 0.3) is 11.8 Å². The average Bonchev–Trinajstić information content (AvgIpc) is 3.64. The summed E-state index contributed by atoms with van der Waals surface area (Å²) in [6, 6.07) is 16.7. The molecule has 2 aromatic carbocycles. The Hall–Kier alpha value is -5.66. The van der Waals surface area contributed by atoms with Crippen LogP contribution >= 0.6 is 0 Å². The van der Waals surface area contributed by atoms with Crippen molar-refractivity contribution >= 4 is 45.4 Å². The monoisotopic (exact) mass is 795 g/mol. The highest BCUT2D eigenvalue weighted by molar-refractivity contribution is 6.23. The molecular weight excluding hydrogens is 747 g/mol. The van der Waals surface area contributed by atoms with Crippen LogP contribution in [0.3, 0.4) is 0 Å². The number of carbonyl (C=O) groups is 4. The van der Waals surface area contributed by atoms with Gasteiger partial charge in [0, 0.05) is 79.6 Å². The molecule has 1 saturated carbocycles. The second-order valence-electron chi connectivity index (χ2n) is 17.2. The van der Waals surface area contributed by atoms with Gasteiger partial charge in [-0.2, -0.15) is 0 Å². The normalized spacial score (nSPS) is 23.1. The second-order valence-corrected chi connectivity index (χ2v) is 17.2. The van der Waals surface area contributed by atoms with Gasteiger partial charge in [-0.1, -0.05) is 12.1 Å². The number of hydrogen-bond acceptors (Lipinski definition) is 10. The van der Waals surface area contributed by atoms with Crippen molar-refractivity contribution in [3.05, 3.63) is 84.3 Å². The molecule has 0 radical (unpaired) electrons. The fraction of sp³-hybridized carbons (Fsp3) is 0.435. The topological polar surface area (TPSA) is 139 Å². The summed E-state index contributed by atoms with van der Waals surface area (Å²) in [6.07, 6.45) is 13.3. The lowest BCUT2D eigenvalue weighted by Gasteiger charge is -2.41. The largest absolute Gasteiger partial charge is 0.488 e. The SMILES string of the molecule is Cn1c2ccncc2c2ccc(-c3ccc(O[C@H]4C[C@H](CN5CCC(CCCN6CC(Oc7ccc8c(c7)C(=O)N(C7CCC(=O)NC7=O)C8=O)C6)CC5)C4)nc3)cc21. The number of aryl methyl sites for hydroxylation is 1. The maximum Gasteiger partial charge on any atom is 0.262 e. The first kappa shape index (κ1) is 37.6. The number of amides is 4. The summed E-state index contributed by atoms with van der Waals surface area (Å²) in [7, 11) is 2.10. The molecule has 0 bridgehead atoms. The number of imide groups is 2. The van der Waals surface area contributed by atoms with Crippen LogP contribution in [0.25, 0.3) is 32.9 Å². The van der Waals surface area contributed by atoms with Crippen LogP contribution < -0.4 is 14.8 Å². The van der Waals surface area contributed by atoms with Crippen molar-refractivity contribution < 1.29 is 28.7 Å². The van der Waals surface area contributed by atoms with Crippen LogP contribution in [-0.4, -0.2) is 110 Å². The van der Waals surface area contributed by atoms with Crippen molar-refractivity contribution in [3.63, 3.8) is 0 Å². The number of nitrogens with zero attached hydrogens (tertiary/aromatic N) is 6. The zero-order chi connectivity index (χ0) is 40.2. The van der Waals surface area contributed by atoms with E-state index in [1.165, 1.54) is 60.6 Å². The molecule has 7 heterocycles. The van der Waals surface area contributed by atoms with Crippen LogP contribution in [0, 0.1) is 11.8 Å². The van der Waals surface area contributed by atoms with E-state index in [-0.39, 0.29) is 36.2 Å². The molecule has 4 amide bonds. The summed E-state index contributed by atoms with van der Waals surface area (Å²) in [5, 5.41) is 4.61. The maximum absolute atomic E-state index is 13.2. The van der Waals surface area contributed by atoms with Crippen LogP contribution in [-0.2, 0) is 16.6 Å². The number of nitrogens with one attached hydrogen (secondary N) is 1. The molecule has 1 N–H and O–H groups in total. The molecule has 1 atom stereocenters. The van der Waals surface area contributed by atoms with Gasteiger partial charge in [0.2, 0.25) is 17.7 Å². The highest BCUT2D eigenvalue weighted by Gasteiger charge is 2.45. The minimum atomic E-state index is -0.975. The van der Waals surface area contributed by atoms with E-state index in [0.29, 0.717) is 17.5 Å². The molecule has 1 unspecified atom stereocenters. The van der Waals surface area contributed by atoms with E-state index in [9.17, 15) is 19.2 Å². The summed E-state index contributed by atoms with van der Waals surface area (Å²) in [5.41, 5.74) is 5.08. The number of aromatic nitrogens is 3. The summed E-state index contributed by atoms with van der Waals surface area (Å²) in [5.74, 6) is 0.687. The lowest BCUT2D eigenvalue weighted by Crippen LogP contribution is -2.54. The van der Waals surface area contributed by atoms with E-state index in [2.05, 4.69) is 67.0 Å². The molecule has 5 aliphatic rings. The van der Waals surface area contributed by atoms with Gasteiger partial charge < -0.3 is 18.9 Å². The summed E-state index contributed by atoms with van der Waals surface area (Å²) in [4.78, 5) is 65.1. The standard InChI is InChI=1S/C46H49N7O6/c1-50-39-12-15-47-24-38(39)35-7-4-30(21-41(35)50)31-5-11-43(48-23-31)59-33-19-29(20-33)25-51-17-13-28(14-18-51)3-2-16-52-26-34(27-52)58-32-6-8-36-37(22-32)46(57)53(45(36)56)40-9-10-42(54)49-44(40)55/h4-8,11-12,15,21-24,28-29,33-34,40H,2-3,9-10,13-14,16-20,25-27H2,1H3,(H,49,54,55)/t29-,33-,40?. The Morgan fingerprint density at radius 1 is 0.763 bits per heavy atom. The molecule has 304 valence electrons. The van der Waals surface area contributed by atoms with Crippen LogP contribution in [0.15, 0.2) is 73.2 Å². The number of rotatable bonds is 12. The quantitative estimate of drug-likeness (QED) is 0.159. The Bertz CT molecular complexity index is 2450. The second kappa shape index (κ2) is 15.5. The Kier molecular flexibility index (Phi) is 9.88. The van der Waals surface area contributed by atoms with Crippen LogP contribution in [0.2, 0.25) is 0 Å². The highest BCUT2D eigenvalue weighted by atomic mass is 16.5. The van der Waals surface area contributed by atoms with Gasteiger partial charge >= 0.3 is 0 Å². The minimum absolute atomic E-state index is 0.0317. The van der Waals surface area contributed by atoms with Crippen LogP contribution in [0.4, 0.5) is 0 Å². The number of benzene rings is 2. The molecule has 0 spiro atoms. The molecule has 1 aliphatic carbocycles. The molecule has 13 heteroatoms. The van der Waals surface area contributed by atoms with Gasteiger partial charge in [-0.15, -0.1) is 0 Å². The lowest BCUT2D eigenvalue weighted by molar-refractivity contribution is -0.136. The van der Waals surface area contributed by atoms with Gasteiger partial charge in [-0.3, -0.25) is 39.3 Å². The molecule has 5 aromatic rings. The fourth-order valence-electron chi connectivity index (χ4n) is 9.87. The van der Waals surface area contributed by atoms with Gasteiger partial charge in [-0.25, -0.2) is 4.98 Å². The molecule has 10 rings (SSSR count). The van der Waals surface area contributed by atoms with Crippen LogP contribution in [0.1, 0.15) is 72.1 Å². The van der Waals surface area contributed by atoms with Crippen molar-refractivity contribution in [1.29, 1.82) is 0 Å². The maximum atomic E-state index is 13.2. The summed E-state index contributed by atoms with van der Waals surface area (Å²) >= 11 is 0. The number of fused-ring (bicyclic) bond motifs is 4. The van der Waals surface area contributed by atoms with E-state index in [1.807, 2.05) is 24.7 Å². The van der Waals surface area contributed by atoms with E-state index >= 15 is 0 Å². The van der Waals surface area contributed by atoms with Crippen molar-refractivity contribution in [2.24, 2.45) is 18.9 Å². The molecule has 13 nitrogen and oxygen atoms in total. The van der Waals surface area contributed by atoms with Crippen LogP contribution in [0.5, 0.6) is 11.6 Å². The number of piperidine rings is 2. The third-order valence-electron chi connectivity index (χ3n) is 13.3. The van der Waals surface area contributed by atoms with E-state index in [1.54, 1.807) is 18.2 Å². The lowest BCUT2D eigenvalue weighted by atomic mass is 9.81. The zero-order valence-electron chi connectivity index (χ0n) is 33.3. The van der Waals surface area contributed by atoms with E-state index < -0.39 is 29.7 Å². The van der Waals surface area contributed by atoms with Gasteiger partial charge in [0.1, 0.15) is 24.0 Å². The third-order valence-corrected chi connectivity index (χ3v) is 13.3. The molecule has 4 aliphatic heterocycles. The molecule has 4 fully saturated rings. The van der Waals surface area contributed by atoms with Gasteiger partial charge in [0.05, 0.1) is 16.6 Å². The molecule has 3 aromatic heterocycles. The molecule has 3 saturated heterocycles. The minimum Gasteiger partial charge on any atom is -0.488 e. The first-order valence-electron chi connectivity index (χ1n) is 21.2. The Morgan fingerprint density at radius 2 is 1.58 bits per heavy atom. The van der Waals surface area contributed by atoms with Crippen molar-refractivity contribution in [3.8, 4) is 22.8 Å². The fourth-order valence-corrected chi connectivity index (χ4v) is 9.87. The number of likely N-dealkylation sites (tertiary alicyclic amines) is 2. The number of carbonyl (C=O) groups excluding carboxylic acids is 4. The number of hydrogen-bond donors (Lipinski definition) is 1. The van der Waals surface area contributed by atoms with Crippen molar-refractivity contribution in [2.45, 2.75) is 69.6 Å². The Morgan fingerprint density at radius 3 is 2.37 bits per heavy atom. The zero-order valence-corrected chi connectivity index (χ0v) is 33.3. The predicted molar refractivity (Wildman–Crippen MR) is 221 cm³/mol. The summed E-state index contributed by atoms with van der Waals surface area (Å²) in [6.45, 7) is 6.24. The Labute approximate surface area is 342 Å². The smallest absolute Gasteiger partial charge is 0.262 e. The number of pyridine rings is 2. The highest BCUT2D eigenvalue weighted by Crippen LogP contribution is 2.36. The first-order chi connectivity index (χ1) is 28.7. The Balaban J connectivity index is 0.606. The van der Waals surface area contributed by atoms with E-state index in [4.69, 9.17) is 9.47 Å². The predicted octanol–water partition coefficient (Wildman–Crippen LogP) is 5.60. The summed E-state index contributed by atoms with van der Waals surface area (Å²) < 4.78 is 14.7. The number of ether oxygens (including phenoxy) is 2. The third kappa shape index (κ3) is 7.35. The average molecular weight is 796 g/mol. The van der Waals surface area contributed by atoms with Crippen molar-refractivity contribution in [1.82, 2.24) is 34.6 Å².